The van der Waals surface area contributed by atoms with Gasteiger partial charge in [0, 0.05) is 19.4 Å². The zero-order chi connectivity index (χ0) is 43.5. The third-order valence-corrected chi connectivity index (χ3v) is 10.4. The van der Waals surface area contributed by atoms with Gasteiger partial charge in [-0.3, -0.25) is 9.59 Å². The highest BCUT2D eigenvalue weighted by Crippen LogP contribution is 2.14. The molecule has 1 atom stereocenters. The van der Waals surface area contributed by atoms with Crippen molar-refractivity contribution in [2.75, 3.05) is 19.8 Å². The minimum absolute atomic E-state index is 0.0566. The molecule has 0 fully saturated rings. The van der Waals surface area contributed by atoms with Crippen LogP contribution in [0.15, 0.2) is 85.1 Å². The fourth-order valence-corrected chi connectivity index (χ4v) is 6.75. The molecular formula is C55H94O5. The van der Waals surface area contributed by atoms with Crippen molar-refractivity contribution in [3.05, 3.63) is 85.1 Å². The minimum Gasteiger partial charge on any atom is -0.462 e. The van der Waals surface area contributed by atoms with Gasteiger partial charge in [0.15, 0.2) is 6.10 Å². The Kier molecular flexibility index (Phi) is 48.0. The summed E-state index contributed by atoms with van der Waals surface area (Å²) in [5, 5.41) is 0. The van der Waals surface area contributed by atoms with Crippen LogP contribution >= 0.6 is 0 Å². The summed E-state index contributed by atoms with van der Waals surface area (Å²) in [6, 6.07) is 0. The lowest BCUT2D eigenvalue weighted by Gasteiger charge is -2.18. The molecule has 0 aromatic rings. The van der Waals surface area contributed by atoms with Crippen LogP contribution in [-0.4, -0.2) is 37.9 Å². The van der Waals surface area contributed by atoms with Crippen molar-refractivity contribution in [2.45, 2.75) is 232 Å². The number of esters is 2. The minimum atomic E-state index is -0.561. The number of carbonyl (C=O) groups is 2. The molecule has 0 radical (unpaired) electrons. The fraction of sp³-hybridized carbons (Fsp3) is 0.709. The molecule has 0 saturated heterocycles. The van der Waals surface area contributed by atoms with Crippen molar-refractivity contribution >= 4 is 11.9 Å². The van der Waals surface area contributed by atoms with E-state index in [1.807, 2.05) is 0 Å². The Labute approximate surface area is 371 Å². The molecule has 0 rings (SSSR count). The molecule has 5 heteroatoms. The summed E-state index contributed by atoms with van der Waals surface area (Å²) in [5.74, 6) is -0.452. The van der Waals surface area contributed by atoms with Crippen molar-refractivity contribution in [3.8, 4) is 0 Å². The lowest BCUT2D eigenvalue weighted by atomic mass is 10.0. The van der Waals surface area contributed by atoms with E-state index in [0.717, 1.165) is 96.3 Å². The van der Waals surface area contributed by atoms with Crippen LogP contribution in [0.4, 0.5) is 0 Å². The van der Waals surface area contributed by atoms with Crippen LogP contribution in [0.1, 0.15) is 226 Å². The Hall–Kier alpha value is -2.92. The summed E-state index contributed by atoms with van der Waals surface area (Å²) >= 11 is 0. The quantitative estimate of drug-likeness (QED) is 0.0347. The normalized spacial score (nSPS) is 12.9. The molecule has 0 bridgehead atoms. The number of hydrogen-bond donors (Lipinski definition) is 0. The molecule has 0 aromatic carbocycles. The van der Waals surface area contributed by atoms with Gasteiger partial charge in [0.1, 0.15) is 6.61 Å². The Bertz CT molecular complexity index is 1130. The van der Waals surface area contributed by atoms with E-state index in [9.17, 15) is 9.59 Å². The van der Waals surface area contributed by atoms with Gasteiger partial charge in [0.05, 0.1) is 6.61 Å². The summed E-state index contributed by atoms with van der Waals surface area (Å²) in [6.45, 7) is 7.54. The summed E-state index contributed by atoms with van der Waals surface area (Å²) in [4.78, 5) is 25.3. The largest absolute Gasteiger partial charge is 0.462 e. The summed E-state index contributed by atoms with van der Waals surface area (Å²) in [7, 11) is 0. The van der Waals surface area contributed by atoms with E-state index in [0.29, 0.717) is 19.4 Å². The molecule has 344 valence electrons. The lowest BCUT2D eigenvalue weighted by molar-refractivity contribution is -0.163. The Morgan fingerprint density at radius 2 is 0.750 bits per heavy atom. The number of hydrogen-bond acceptors (Lipinski definition) is 5. The van der Waals surface area contributed by atoms with E-state index in [-0.39, 0.29) is 25.2 Å². The molecule has 0 amide bonds. The molecule has 0 N–H and O–H groups in total. The maximum atomic E-state index is 12.8. The molecule has 60 heavy (non-hydrogen) atoms. The molecule has 5 nitrogen and oxygen atoms in total. The van der Waals surface area contributed by atoms with E-state index in [1.165, 1.54) is 96.3 Å². The molecule has 0 spiro atoms. The van der Waals surface area contributed by atoms with E-state index >= 15 is 0 Å². The van der Waals surface area contributed by atoms with Crippen molar-refractivity contribution in [1.82, 2.24) is 0 Å². The second kappa shape index (κ2) is 50.4. The van der Waals surface area contributed by atoms with Crippen LogP contribution in [0.25, 0.3) is 0 Å². The molecule has 0 aliphatic rings. The fourth-order valence-electron chi connectivity index (χ4n) is 6.75. The van der Waals surface area contributed by atoms with E-state index in [2.05, 4.69) is 106 Å². The molecule has 0 aliphatic heterocycles. The van der Waals surface area contributed by atoms with Gasteiger partial charge in [-0.05, 0) is 89.9 Å². The van der Waals surface area contributed by atoms with Crippen molar-refractivity contribution in [3.63, 3.8) is 0 Å². The molecule has 0 aliphatic carbocycles. The topological polar surface area (TPSA) is 61.8 Å². The van der Waals surface area contributed by atoms with Crippen LogP contribution in [0, 0.1) is 0 Å². The summed E-state index contributed by atoms with van der Waals surface area (Å²) in [5.41, 5.74) is 0. The number of rotatable bonds is 45. The number of ether oxygens (including phenoxy) is 3. The third-order valence-electron chi connectivity index (χ3n) is 10.4. The predicted octanol–water partition coefficient (Wildman–Crippen LogP) is 16.9. The Balaban J connectivity index is 4.35. The Morgan fingerprint density at radius 1 is 0.383 bits per heavy atom. The van der Waals surface area contributed by atoms with Gasteiger partial charge < -0.3 is 14.2 Å². The average Bonchev–Trinajstić information content (AvgIpc) is 3.25. The smallest absolute Gasteiger partial charge is 0.306 e. The van der Waals surface area contributed by atoms with Crippen LogP contribution in [0.3, 0.4) is 0 Å². The van der Waals surface area contributed by atoms with Crippen LogP contribution in [-0.2, 0) is 23.8 Å². The van der Waals surface area contributed by atoms with Gasteiger partial charge in [-0.1, -0.05) is 209 Å². The first kappa shape index (κ1) is 57.1. The first-order valence-corrected chi connectivity index (χ1v) is 25.1. The predicted molar refractivity (Wildman–Crippen MR) is 260 cm³/mol. The second-order valence-corrected chi connectivity index (χ2v) is 16.3. The first-order chi connectivity index (χ1) is 29.6. The van der Waals surface area contributed by atoms with Crippen molar-refractivity contribution in [2.24, 2.45) is 0 Å². The van der Waals surface area contributed by atoms with Gasteiger partial charge in [-0.15, -0.1) is 0 Å². The van der Waals surface area contributed by atoms with Gasteiger partial charge in [-0.2, -0.15) is 0 Å². The number of allylic oxidation sites excluding steroid dienone is 14. The highest BCUT2D eigenvalue weighted by atomic mass is 16.6. The summed E-state index contributed by atoms with van der Waals surface area (Å²) in [6.07, 6.45) is 65.9. The van der Waals surface area contributed by atoms with Gasteiger partial charge >= 0.3 is 11.9 Å². The SMILES string of the molecule is CC/C=C\C/C=C\C/C=C\C/C=C\CCCCC(=O)OCC(COCCCCCCCC/C=C\C/C=C\C/C=C\CC)OC(=O)CCCCCCCCCCCCCCC. The number of unbranched alkanes of at least 4 members (excludes halogenated alkanes) is 20. The van der Waals surface area contributed by atoms with Crippen molar-refractivity contribution in [1.29, 1.82) is 0 Å². The molecule has 0 heterocycles. The first-order valence-electron chi connectivity index (χ1n) is 25.1. The zero-order valence-corrected chi connectivity index (χ0v) is 39.5. The highest BCUT2D eigenvalue weighted by molar-refractivity contribution is 5.70. The zero-order valence-electron chi connectivity index (χ0n) is 39.5. The van der Waals surface area contributed by atoms with Gasteiger partial charge in [-0.25, -0.2) is 0 Å². The monoisotopic (exact) mass is 835 g/mol. The second-order valence-electron chi connectivity index (χ2n) is 16.3. The maximum Gasteiger partial charge on any atom is 0.306 e. The van der Waals surface area contributed by atoms with Gasteiger partial charge in [0.25, 0.3) is 0 Å². The van der Waals surface area contributed by atoms with Crippen LogP contribution in [0.2, 0.25) is 0 Å². The van der Waals surface area contributed by atoms with Crippen LogP contribution < -0.4 is 0 Å². The van der Waals surface area contributed by atoms with Crippen LogP contribution in [0.5, 0.6) is 0 Å². The Morgan fingerprint density at radius 3 is 1.23 bits per heavy atom. The maximum absolute atomic E-state index is 12.8. The van der Waals surface area contributed by atoms with E-state index in [1.54, 1.807) is 0 Å². The standard InChI is InChI=1S/C55H94O5/c1-4-7-10-13-16-19-22-25-27-29-32-35-38-41-44-47-50-58-51-53(60-55(57)49-46-43-40-37-34-30-24-21-18-15-12-9-6-3)52-59-54(56)48-45-42-39-36-33-31-28-26-23-20-17-14-11-8-5-2/h7-8,10-11,16-17,19-20,25-28,33,36,53H,4-6,9,12-15,18,21-24,29-32,34-35,37-52H2,1-3H3/b10-7-,11-8-,19-16-,20-17-,27-25-,28-26-,36-33-. The third kappa shape index (κ3) is 47.8. The van der Waals surface area contributed by atoms with Gasteiger partial charge in [0.2, 0.25) is 0 Å². The molecule has 0 saturated carbocycles. The van der Waals surface area contributed by atoms with Crippen molar-refractivity contribution < 1.29 is 23.8 Å². The molecular weight excluding hydrogens is 741 g/mol. The van der Waals surface area contributed by atoms with E-state index < -0.39 is 6.10 Å². The highest BCUT2D eigenvalue weighted by Gasteiger charge is 2.17. The summed E-state index contributed by atoms with van der Waals surface area (Å²) < 4.78 is 17.3. The lowest BCUT2D eigenvalue weighted by Crippen LogP contribution is -2.30. The van der Waals surface area contributed by atoms with E-state index in [4.69, 9.17) is 14.2 Å². The average molecular weight is 835 g/mol. The number of carbonyl (C=O) groups excluding carboxylic acids is 2. The molecule has 0 aromatic heterocycles. The molecule has 1 unspecified atom stereocenters.